The molecule has 2 saturated heterocycles. The summed E-state index contributed by atoms with van der Waals surface area (Å²) in [5.74, 6) is 2.33. The average Bonchev–Trinajstić information content (AvgIpc) is 2.69. The van der Waals surface area contributed by atoms with Crippen LogP contribution >= 0.6 is 0 Å². The van der Waals surface area contributed by atoms with Crippen LogP contribution < -0.4 is 9.80 Å². The Morgan fingerprint density at radius 1 is 1.04 bits per heavy atom. The Kier molecular flexibility index (Phi) is 5.34. The molecule has 0 unspecified atom stereocenters. The second-order valence-corrected chi connectivity index (χ2v) is 8.34. The molecule has 2 heterocycles. The van der Waals surface area contributed by atoms with Gasteiger partial charge in [0.25, 0.3) is 5.91 Å². The van der Waals surface area contributed by atoms with Crippen LogP contribution in [0.2, 0.25) is 0 Å². The molecule has 142 valence electrons. The fourth-order valence-electron chi connectivity index (χ4n) is 5.13. The summed E-state index contributed by atoms with van der Waals surface area (Å²) in [5.41, 5.74) is 0.914. The van der Waals surface area contributed by atoms with Gasteiger partial charge in [-0.3, -0.25) is 4.79 Å². The normalized spacial score (nSPS) is 27.2. The lowest BCUT2D eigenvalue weighted by Gasteiger charge is -2.41. The van der Waals surface area contributed by atoms with Gasteiger partial charge in [-0.1, -0.05) is 31.4 Å². The van der Waals surface area contributed by atoms with Crippen molar-refractivity contribution < 1.29 is 14.8 Å². The Balaban J connectivity index is 1.26. The minimum Gasteiger partial charge on any atom is -0.506 e. The Labute approximate surface area is 156 Å². The van der Waals surface area contributed by atoms with Gasteiger partial charge in [0.2, 0.25) is 0 Å². The molecule has 2 atom stereocenters. The quantitative estimate of drug-likeness (QED) is 0.852. The number of aromatic hydroxyl groups is 1. The number of carbonyl (C=O) groups is 1. The minimum atomic E-state index is 0.347. The van der Waals surface area contributed by atoms with Crippen molar-refractivity contribution in [2.45, 2.75) is 32.1 Å². The largest absolute Gasteiger partial charge is 0.506 e. The van der Waals surface area contributed by atoms with Gasteiger partial charge in [0.1, 0.15) is 5.75 Å². The third-order valence-electron chi connectivity index (χ3n) is 6.74. The zero-order chi connectivity index (χ0) is 17.9. The number of hydrogen-bond donors (Lipinski definition) is 2. The molecule has 0 aromatic heterocycles. The van der Waals surface area contributed by atoms with E-state index in [0.717, 1.165) is 56.8 Å². The lowest BCUT2D eigenvalue weighted by molar-refractivity contribution is -0.892. The number of rotatable bonds is 3. The molecule has 0 bridgehead atoms. The monoisotopic (exact) mass is 358 g/mol. The van der Waals surface area contributed by atoms with Crippen molar-refractivity contribution in [1.29, 1.82) is 0 Å². The number of piperidine rings is 1. The molecule has 0 spiro atoms. The molecule has 0 radical (unpaired) electrons. The van der Waals surface area contributed by atoms with Crippen LogP contribution in [0.25, 0.3) is 0 Å². The smallest absolute Gasteiger partial charge is 0.277 e. The number of phenols is 1. The van der Waals surface area contributed by atoms with Gasteiger partial charge in [-0.25, -0.2) is 0 Å². The van der Waals surface area contributed by atoms with Crippen LogP contribution in [0.3, 0.4) is 0 Å². The van der Waals surface area contributed by atoms with Crippen molar-refractivity contribution in [3.63, 3.8) is 0 Å². The van der Waals surface area contributed by atoms with E-state index in [0.29, 0.717) is 18.2 Å². The van der Waals surface area contributed by atoms with Gasteiger partial charge in [-0.2, -0.15) is 0 Å². The van der Waals surface area contributed by atoms with Crippen LogP contribution in [0.5, 0.6) is 5.75 Å². The van der Waals surface area contributed by atoms with Crippen molar-refractivity contribution in [1.82, 2.24) is 4.90 Å². The van der Waals surface area contributed by atoms with Gasteiger partial charge in [-0.15, -0.1) is 0 Å². The summed E-state index contributed by atoms with van der Waals surface area (Å²) in [6.45, 7) is 6.31. The number of benzene rings is 1. The van der Waals surface area contributed by atoms with E-state index < -0.39 is 0 Å². The molecule has 1 aromatic rings. The lowest BCUT2D eigenvalue weighted by atomic mass is 9.75. The van der Waals surface area contributed by atoms with Crippen molar-refractivity contribution >= 4 is 11.6 Å². The van der Waals surface area contributed by atoms with Crippen molar-refractivity contribution in [2.24, 2.45) is 11.8 Å². The fraction of sp³-hybridized carbons (Fsp3) is 0.667. The SMILES string of the molecule is O=C(C[NH+]1CCN(c2ccccc2O)CC1)N1CC[C@H]2CCCC[C@@H]2C1. The predicted molar refractivity (Wildman–Crippen MR) is 103 cm³/mol. The molecule has 1 amide bonds. The highest BCUT2D eigenvalue weighted by atomic mass is 16.3. The van der Waals surface area contributed by atoms with E-state index in [2.05, 4.69) is 9.80 Å². The Morgan fingerprint density at radius 3 is 2.54 bits per heavy atom. The lowest BCUT2D eigenvalue weighted by Crippen LogP contribution is -3.16. The molecule has 2 N–H and O–H groups in total. The zero-order valence-corrected chi connectivity index (χ0v) is 15.7. The maximum Gasteiger partial charge on any atom is 0.277 e. The third-order valence-corrected chi connectivity index (χ3v) is 6.74. The third kappa shape index (κ3) is 3.83. The molecule has 4 rings (SSSR count). The molecule has 5 heteroatoms. The number of piperazine rings is 1. The second kappa shape index (κ2) is 7.87. The summed E-state index contributed by atoms with van der Waals surface area (Å²) < 4.78 is 0. The molecule has 3 fully saturated rings. The predicted octanol–water partition coefficient (Wildman–Crippen LogP) is 1.14. The van der Waals surface area contributed by atoms with E-state index in [1.807, 2.05) is 18.2 Å². The number of amides is 1. The summed E-state index contributed by atoms with van der Waals surface area (Å²) in [6, 6.07) is 7.54. The van der Waals surface area contributed by atoms with Crippen molar-refractivity contribution in [2.75, 3.05) is 50.7 Å². The van der Waals surface area contributed by atoms with E-state index in [1.54, 1.807) is 6.07 Å². The van der Waals surface area contributed by atoms with Gasteiger partial charge in [0.05, 0.1) is 31.9 Å². The van der Waals surface area contributed by atoms with E-state index in [9.17, 15) is 9.90 Å². The van der Waals surface area contributed by atoms with Crippen molar-refractivity contribution in [3.8, 4) is 5.75 Å². The number of nitrogens with one attached hydrogen (secondary N) is 1. The summed E-state index contributed by atoms with van der Waals surface area (Å²) >= 11 is 0. The molecule has 2 aliphatic heterocycles. The Hall–Kier alpha value is -1.75. The van der Waals surface area contributed by atoms with Crippen LogP contribution in [0.4, 0.5) is 5.69 Å². The molecule has 1 aliphatic carbocycles. The zero-order valence-electron chi connectivity index (χ0n) is 15.7. The van der Waals surface area contributed by atoms with Gasteiger partial charge in [0.15, 0.2) is 6.54 Å². The first-order valence-electron chi connectivity index (χ1n) is 10.3. The summed E-state index contributed by atoms with van der Waals surface area (Å²) in [7, 11) is 0. The molecular weight excluding hydrogens is 326 g/mol. The number of nitrogens with zero attached hydrogens (tertiary/aromatic N) is 2. The summed E-state index contributed by atoms with van der Waals surface area (Å²) in [6.07, 6.45) is 6.66. The summed E-state index contributed by atoms with van der Waals surface area (Å²) in [4.78, 5) is 18.6. The van der Waals surface area contributed by atoms with Crippen LogP contribution in [0, 0.1) is 11.8 Å². The van der Waals surface area contributed by atoms with Gasteiger partial charge >= 0.3 is 0 Å². The first kappa shape index (κ1) is 17.7. The number of hydrogen-bond acceptors (Lipinski definition) is 3. The first-order chi connectivity index (χ1) is 12.7. The number of anilines is 1. The van der Waals surface area contributed by atoms with Crippen LogP contribution in [-0.4, -0.2) is 61.7 Å². The number of para-hydroxylation sites is 2. The van der Waals surface area contributed by atoms with Crippen LogP contribution in [0.15, 0.2) is 24.3 Å². The van der Waals surface area contributed by atoms with E-state index in [-0.39, 0.29) is 0 Å². The molecule has 1 saturated carbocycles. The number of phenolic OH excluding ortho intramolecular Hbond substituents is 1. The Bertz CT molecular complexity index is 627. The average molecular weight is 359 g/mol. The van der Waals surface area contributed by atoms with Crippen molar-refractivity contribution in [3.05, 3.63) is 24.3 Å². The number of carbonyl (C=O) groups excluding carboxylic acids is 1. The van der Waals surface area contributed by atoms with E-state index in [4.69, 9.17) is 0 Å². The first-order valence-corrected chi connectivity index (χ1v) is 10.3. The number of quaternary nitrogens is 1. The maximum absolute atomic E-state index is 12.8. The van der Waals surface area contributed by atoms with Gasteiger partial charge in [0, 0.05) is 13.1 Å². The highest BCUT2D eigenvalue weighted by Crippen LogP contribution is 2.35. The molecular formula is C21H32N3O2+. The van der Waals surface area contributed by atoms with Crippen LogP contribution in [0.1, 0.15) is 32.1 Å². The molecule has 3 aliphatic rings. The second-order valence-electron chi connectivity index (χ2n) is 8.34. The Morgan fingerprint density at radius 2 is 1.77 bits per heavy atom. The molecule has 5 nitrogen and oxygen atoms in total. The fourth-order valence-corrected chi connectivity index (χ4v) is 5.13. The topological polar surface area (TPSA) is 48.2 Å². The van der Waals surface area contributed by atoms with Crippen LogP contribution in [-0.2, 0) is 4.79 Å². The summed E-state index contributed by atoms with van der Waals surface area (Å²) in [5, 5.41) is 10.0. The minimum absolute atomic E-state index is 0.347. The van der Waals surface area contributed by atoms with Gasteiger partial charge < -0.3 is 19.8 Å². The van der Waals surface area contributed by atoms with Gasteiger partial charge in [-0.05, 0) is 36.8 Å². The maximum atomic E-state index is 12.8. The molecule has 26 heavy (non-hydrogen) atoms. The van der Waals surface area contributed by atoms with E-state index in [1.165, 1.54) is 37.0 Å². The highest BCUT2D eigenvalue weighted by Gasteiger charge is 2.34. The van der Waals surface area contributed by atoms with E-state index >= 15 is 0 Å². The standard InChI is InChI=1S/C21H31N3O2/c25-20-8-4-3-7-19(20)23-13-11-22(12-14-23)16-21(26)24-10-9-17-5-1-2-6-18(17)15-24/h3-4,7-8,17-18,25H,1-2,5-6,9-16H2/p+1/t17-,18-/m1/s1. The molecule has 1 aromatic carbocycles. The number of fused-ring (bicyclic) bond motifs is 1. The highest BCUT2D eigenvalue weighted by molar-refractivity contribution is 5.77. The number of likely N-dealkylation sites (tertiary alicyclic amines) is 1.